The third-order valence-electron chi connectivity index (χ3n) is 6.73. The van der Waals surface area contributed by atoms with E-state index in [1.807, 2.05) is 42.5 Å². The molecule has 0 aromatic heterocycles. The minimum atomic E-state index is -0.0698. The number of carbonyl (C=O) groups excluding carboxylic acids is 1. The van der Waals surface area contributed by atoms with Crippen molar-refractivity contribution < 1.29 is 4.79 Å². The quantitative estimate of drug-likeness (QED) is 0.373. The highest BCUT2D eigenvalue weighted by Crippen LogP contribution is 2.25. The van der Waals surface area contributed by atoms with Crippen molar-refractivity contribution >= 4 is 22.4 Å². The number of nitrogens with zero attached hydrogens (tertiary/aromatic N) is 1. The van der Waals surface area contributed by atoms with Crippen molar-refractivity contribution in [2.24, 2.45) is 5.92 Å². The number of fused-ring (bicyclic) bond motifs is 1. The van der Waals surface area contributed by atoms with Gasteiger partial charge in [0.25, 0.3) is 5.91 Å². The van der Waals surface area contributed by atoms with Crippen molar-refractivity contribution in [3.63, 3.8) is 0 Å². The molecule has 3 nitrogen and oxygen atoms in total. The second-order valence-corrected chi connectivity index (χ2v) is 9.09. The number of likely N-dealkylation sites (tertiary alicyclic amines) is 1. The molecule has 0 atom stereocenters. The highest BCUT2D eigenvalue weighted by Gasteiger charge is 2.19. The van der Waals surface area contributed by atoms with Crippen LogP contribution in [0.2, 0.25) is 0 Å². The summed E-state index contributed by atoms with van der Waals surface area (Å²) < 4.78 is 0. The topological polar surface area (TPSA) is 32.3 Å². The smallest absolute Gasteiger partial charge is 0.255 e. The van der Waals surface area contributed by atoms with E-state index in [1.54, 1.807) is 0 Å². The van der Waals surface area contributed by atoms with Gasteiger partial charge >= 0.3 is 0 Å². The summed E-state index contributed by atoms with van der Waals surface area (Å²) in [4.78, 5) is 15.4. The average molecular weight is 435 g/mol. The fraction of sp³-hybridized carbons (Fsp3) is 0.233. The fourth-order valence-corrected chi connectivity index (χ4v) is 4.84. The summed E-state index contributed by atoms with van der Waals surface area (Å²) in [5, 5.41) is 5.26. The Balaban J connectivity index is 1.15. The van der Waals surface area contributed by atoms with Crippen LogP contribution in [-0.2, 0) is 13.0 Å². The van der Waals surface area contributed by atoms with Gasteiger partial charge in [-0.3, -0.25) is 9.69 Å². The largest absolute Gasteiger partial charge is 0.321 e. The van der Waals surface area contributed by atoms with Gasteiger partial charge in [0.05, 0.1) is 0 Å². The number of amides is 1. The molecule has 166 valence electrons. The number of nitrogens with one attached hydrogen (secondary N) is 1. The van der Waals surface area contributed by atoms with E-state index in [4.69, 9.17) is 0 Å². The van der Waals surface area contributed by atoms with E-state index < -0.39 is 0 Å². The van der Waals surface area contributed by atoms with Crippen molar-refractivity contribution in [2.75, 3.05) is 18.4 Å². The first-order valence-electron chi connectivity index (χ1n) is 11.9. The first kappa shape index (κ1) is 21.4. The molecule has 1 amide bonds. The van der Waals surface area contributed by atoms with E-state index in [2.05, 4.69) is 64.8 Å². The third-order valence-corrected chi connectivity index (χ3v) is 6.73. The molecule has 1 N–H and O–H groups in total. The Kier molecular flexibility index (Phi) is 6.50. The predicted molar refractivity (Wildman–Crippen MR) is 136 cm³/mol. The Morgan fingerprint density at radius 3 is 2.24 bits per heavy atom. The van der Waals surface area contributed by atoms with E-state index in [1.165, 1.54) is 30.4 Å². The lowest BCUT2D eigenvalue weighted by Crippen LogP contribution is -2.33. The average Bonchev–Trinajstić information content (AvgIpc) is 2.86. The van der Waals surface area contributed by atoms with Crippen molar-refractivity contribution in [1.82, 2.24) is 4.90 Å². The standard InChI is InChI=1S/C30H30N2O/c33-30(31-29-12-6-10-26-9-4-5-11-28(26)29)27-15-13-25(14-16-27)22-32-19-17-24(18-20-32)21-23-7-2-1-3-8-23/h1-16,24H,17-22H2,(H,31,33). The van der Waals surface area contributed by atoms with Crippen LogP contribution in [0.25, 0.3) is 10.8 Å². The van der Waals surface area contributed by atoms with Crippen LogP contribution in [0.4, 0.5) is 5.69 Å². The lowest BCUT2D eigenvalue weighted by Gasteiger charge is -2.32. The molecule has 1 aliphatic rings. The highest BCUT2D eigenvalue weighted by molar-refractivity contribution is 6.09. The van der Waals surface area contributed by atoms with Crippen LogP contribution in [0.5, 0.6) is 0 Å². The van der Waals surface area contributed by atoms with Crippen molar-refractivity contribution in [3.05, 3.63) is 114 Å². The first-order chi connectivity index (χ1) is 16.2. The van der Waals surface area contributed by atoms with Crippen LogP contribution >= 0.6 is 0 Å². The van der Waals surface area contributed by atoms with Gasteiger partial charge in [-0.05, 0) is 73.0 Å². The molecule has 1 aliphatic heterocycles. The van der Waals surface area contributed by atoms with Crippen LogP contribution in [0.15, 0.2) is 97.1 Å². The van der Waals surface area contributed by atoms with E-state index >= 15 is 0 Å². The van der Waals surface area contributed by atoms with Gasteiger partial charge in [-0.25, -0.2) is 0 Å². The molecular formula is C30H30N2O. The van der Waals surface area contributed by atoms with Crippen LogP contribution in [0.1, 0.15) is 34.3 Å². The highest BCUT2D eigenvalue weighted by atomic mass is 16.1. The molecule has 3 heteroatoms. The summed E-state index contributed by atoms with van der Waals surface area (Å²) >= 11 is 0. The van der Waals surface area contributed by atoms with Crippen molar-refractivity contribution in [1.29, 1.82) is 0 Å². The fourth-order valence-electron chi connectivity index (χ4n) is 4.84. The monoisotopic (exact) mass is 434 g/mol. The zero-order chi connectivity index (χ0) is 22.5. The lowest BCUT2D eigenvalue weighted by molar-refractivity contribution is 0.102. The number of carbonyl (C=O) groups is 1. The van der Waals surface area contributed by atoms with Crippen LogP contribution in [0, 0.1) is 5.92 Å². The molecule has 4 aromatic rings. The van der Waals surface area contributed by atoms with Gasteiger partial charge in [0.2, 0.25) is 0 Å². The molecule has 0 radical (unpaired) electrons. The van der Waals surface area contributed by atoms with Gasteiger partial charge in [-0.1, -0.05) is 78.9 Å². The van der Waals surface area contributed by atoms with Crippen molar-refractivity contribution in [2.45, 2.75) is 25.8 Å². The SMILES string of the molecule is O=C(Nc1cccc2ccccc12)c1ccc(CN2CCC(Cc3ccccc3)CC2)cc1. The molecule has 5 rings (SSSR count). The minimum Gasteiger partial charge on any atom is -0.321 e. The Labute approximate surface area is 196 Å². The van der Waals surface area contributed by atoms with Gasteiger partial charge in [-0.15, -0.1) is 0 Å². The summed E-state index contributed by atoms with van der Waals surface area (Å²) in [5.74, 6) is 0.711. The molecule has 1 saturated heterocycles. The predicted octanol–water partition coefficient (Wildman–Crippen LogP) is 6.55. The normalized spacial score (nSPS) is 14.9. The Hall–Kier alpha value is -3.43. The van der Waals surface area contributed by atoms with Crippen LogP contribution in [0.3, 0.4) is 0 Å². The third kappa shape index (κ3) is 5.32. The maximum Gasteiger partial charge on any atom is 0.255 e. The second kappa shape index (κ2) is 10.0. The molecule has 1 heterocycles. The number of piperidine rings is 1. The molecule has 0 bridgehead atoms. The van der Waals surface area contributed by atoms with Gasteiger partial charge in [0.1, 0.15) is 0 Å². The summed E-state index contributed by atoms with van der Waals surface area (Å²) in [7, 11) is 0. The van der Waals surface area contributed by atoms with Gasteiger partial charge in [0.15, 0.2) is 0 Å². The number of hydrogen-bond donors (Lipinski definition) is 1. The van der Waals surface area contributed by atoms with Crippen LogP contribution < -0.4 is 5.32 Å². The van der Waals surface area contributed by atoms with Gasteiger partial charge in [-0.2, -0.15) is 0 Å². The molecule has 0 spiro atoms. The van der Waals surface area contributed by atoms with E-state index in [9.17, 15) is 4.79 Å². The maximum atomic E-state index is 12.8. The Bertz CT molecular complexity index is 1200. The number of benzene rings is 4. The lowest BCUT2D eigenvalue weighted by atomic mass is 9.90. The molecule has 0 unspecified atom stereocenters. The Morgan fingerprint density at radius 1 is 0.758 bits per heavy atom. The van der Waals surface area contributed by atoms with Gasteiger partial charge < -0.3 is 5.32 Å². The summed E-state index contributed by atoms with van der Waals surface area (Å²) in [6.07, 6.45) is 3.69. The minimum absolute atomic E-state index is 0.0698. The first-order valence-corrected chi connectivity index (χ1v) is 11.9. The Morgan fingerprint density at radius 2 is 1.45 bits per heavy atom. The number of anilines is 1. The zero-order valence-corrected chi connectivity index (χ0v) is 18.9. The van der Waals surface area contributed by atoms with Gasteiger partial charge in [0, 0.05) is 23.2 Å². The van der Waals surface area contributed by atoms with E-state index in [-0.39, 0.29) is 5.91 Å². The molecule has 1 fully saturated rings. The summed E-state index contributed by atoms with van der Waals surface area (Å²) in [5.41, 5.74) is 4.25. The zero-order valence-electron chi connectivity index (χ0n) is 18.9. The maximum absolute atomic E-state index is 12.8. The van der Waals surface area contributed by atoms with E-state index in [0.717, 1.165) is 42.0 Å². The number of rotatable bonds is 6. The molecular weight excluding hydrogens is 404 g/mol. The molecule has 33 heavy (non-hydrogen) atoms. The van der Waals surface area contributed by atoms with Crippen molar-refractivity contribution in [3.8, 4) is 0 Å². The second-order valence-electron chi connectivity index (χ2n) is 9.09. The molecule has 4 aromatic carbocycles. The molecule has 0 saturated carbocycles. The van der Waals surface area contributed by atoms with E-state index in [0.29, 0.717) is 5.56 Å². The summed E-state index contributed by atoms with van der Waals surface area (Å²) in [6.45, 7) is 3.23. The molecule has 0 aliphatic carbocycles. The van der Waals surface area contributed by atoms with Crippen LogP contribution in [-0.4, -0.2) is 23.9 Å². The summed E-state index contributed by atoms with van der Waals surface area (Å²) in [6, 6.07) is 33.0. The number of hydrogen-bond acceptors (Lipinski definition) is 2.